The Morgan fingerprint density at radius 2 is 1.69 bits per heavy atom. The minimum Gasteiger partial charge on any atom is -0.441 e. The highest BCUT2D eigenvalue weighted by atomic mass is 19.1. The Labute approximate surface area is 166 Å². The molecule has 0 saturated heterocycles. The van der Waals surface area contributed by atoms with Crippen LogP contribution in [0.1, 0.15) is 22.8 Å². The first-order valence-corrected chi connectivity index (χ1v) is 8.86. The lowest BCUT2D eigenvalue weighted by Gasteiger charge is -2.28. The zero-order valence-electron chi connectivity index (χ0n) is 15.5. The molecule has 0 aromatic heterocycles. The van der Waals surface area contributed by atoms with Gasteiger partial charge in [-0.3, -0.25) is 4.79 Å². The van der Waals surface area contributed by atoms with Gasteiger partial charge in [0.05, 0.1) is 5.56 Å². The molecule has 0 aliphatic carbocycles. The van der Waals surface area contributed by atoms with Gasteiger partial charge < -0.3 is 9.47 Å². The molecule has 1 aliphatic rings. The molecule has 0 radical (unpaired) electrons. The monoisotopic (exact) mass is 389 g/mol. The number of ether oxygens (including phenoxy) is 2. The van der Waals surface area contributed by atoms with Crippen molar-refractivity contribution in [1.82, 2.24) is 0 Å². The fourth-order valence-corrected chi connectivity index (χ4v) is 3.32. The van der Waals surface area contributed by atoms with Crippen LogP contribution in [0.5, 0.6) is 11.5 Å². The maximum absolute atomic E-state index is 13.3. The van der Waals surface area contributed by atoms with Crippen molar-refractivity contribution < 1.29 is 18.7 Å². The highest BCUT2D eigenvalue weighted by molar-refractivity contribution is 6.00. The molecule has 4 rings (SSSR count). The Hall–Kier alpha value is -3.80. The lowest BCUT2D eigenvalue weighted by molar-refractivity contribution is -0.0495. The maximum Gasteiger partial charge on any atom is 0.320 e. The molecule has 0 fully saturated rings. The Kier molecular flexibility index (Phi) is 4.47. The van der Waals surface area contributed by atoms with E-state index >= 15 is 0 Å². The number of benzene rings is 3. The molecule has 5 nitrogen and oxygen atoms in total. The van der Waals surface area contributed by atoms with Crippen LogP contribution in [0.25, 0.3) is 11.1 Å². The van der Waals surface area contributed by atoms with Gasteiger partial charge in [0.15, 0.2) is 11.5 Å². The summed E-state index contributed by atoms with van der Waals surface area (Å²) in [6, 6.07) is 18.1. The van der Waals surface area contributed by atoms with E-state index in [9.17, 15) is 14.1 Å². The number of carbonyl (C=O) groups is 1. The van der Waals surface area contributed by atoms with Crippen molar-refractivity contribution in [1.29, 1.82) is 0 Å². The first-order chi connectivity index (χ1) is 13.9. The van der Waals surface area contributed by atoms with Crippen molar-refractivity contribution in [3.8, 4) is 22.6 Å². The Morgan fingerprint density at radius 3 is 2.31 bits per heavy atom. The van der Waals surface area contributed by atoms with E-state index in [0.717, 1.165) is 0 Å². The second-order valence-electron chi connectivity index (χ2n) is 6.72. The summed E-state index contributed by atoms with van der Waals surface area (Å²) >= 11 is 0. The molecule has 1 aliphatic heterocycles. The molecule has 1 unspecified atom stereocenters. The largest absolute Gasteiger partial charge is 0.441 e. The SMILES string of the molecule is C=C(C)C1(c2ccccc2)Oc2cc(-c3ccc(F)cc3)cc(C(=O)N=O)c2O1. The predicted molar refractivity (Wildman–Crippen MR) is 106 cm³/mol. The van der Waals surface area contributed by atoms with E-state index in [1.165, 1.54) is 18.2 Å². The van der Waals surface area contributed by atoms with E-state index < -0.39 is 11.7 Å². The molecule has 144 valence electrons. The van der Waals surface area contributed by atoms with Crippen molar-refractivity contribution in [3.63, 3.8) is 0 Å². The maximum atomic E-state index is 13.3. The van der Waals surface area contributed by atoms with Crippen LogP contribution in [0.3, 0.4) is 0 Å². The third-order valence-corrected chi connectivity index (χ3v) is 4.76. The van der Waals surface area contributed by atoms with Crippen molar-refractivity contribution in [2.24, 2.45) is 5.18 Å². The van der Waals surface area contributed by atoms with Crippen LogP contribution in [0, 0.1) is 10.7 Å². The number of hydrogen-bond acceptors (Lipinski definition) is 4. The summed E-state index contributed by atoms with van der Waals surface area (Å²) in [6.07, 6.45) is 0. The third-order valence-electron chi connectivity index (χ3n) is 4.76. The molecule has 3 aromatic carbocycles. The smallest absolute Gasteiger partial charge is 0.320 e. The number of hydrogen-bond donors (Lipinski definition) is 0. The zero-order chi connectivity index (χ0) is 20.6. The summed E-state index contributed by atoms with van der Waals surface area (Å²) in [4.78, 5) is 23.2. The molecule has 3 aromatic rings. The summed E-state index contributed by atoms with van der Waals surface area (Å²) in [5.74, 6) is -2.33. The fourth-order valence-electron chi connectivity index (χ4n) is 3.32. The quantitative estimate of drug-likeness (QED) is 0.430. The molecule has 1 amide bonds. The lowest BCUT2D eigenvalue weighted by Crippen LogP contribution is -2.36. The minimum atomic E-state index is -1.34. The van der Waals surface area contributed by atoms with Gasteiger partial charge in [0, 0.05) is 16.3 Å². The van der Waals surface area contributed by atoms with E-state index in [4.69, 9.17) is 9.47 Å². The van der Waals surface area contributed by atoms with Crippen molar-refractivity contribution in [3.05, 3.63) is 101 Å². The Balaban J connectivity index is 1.89. The van der Waals surface area contributed by atoms with Crippen molar-refractivity contribution in [2.45, 2.75) is 12.7 Å². The topological polar surface area (TPSA) is 65.0 Å². The molecule has 29 heavy (non-hydrogen) atoms. The van der Waals surface area contributed by atoms with Crippen LogP contribution in [0.2, 0.25) is 0 Å². The standard InChI is InChI=1S/C23H16FNO4/c1-14(2)23(17-6-4-3-5-7-17)28-20-13-16(15-8-10-18(24)11-9-15)12-19(21(20)29-23)22(26)25-27/h3-13H,1H2,2H3. The molecule has 1 heterocycles. The third kappa shape index (κ3) is 3.08. The summed E-state index contributed by atoms with van der Waals surface area (Å²) in [7, 11) is 0. The molecular weight excluding hydrogens is 373 g/mol. The molecule has 0 N–H and O–H groups in total. The Morgan fingerprint density at radius 1 is 1.00 bits per heavy atom. The van der Waals surface area contributed by atoms with Crippen molar-refractivity contribution >= 4 is 5.91 Å². The fraction of sp³-hybridized carbons (Fsp3) is 0.0870. The summed E-state index contributed by atoms with van der Waals surface area (Å²) < 4.78 is 25.6. The number of amides is 1. The summed E-state index contributed by atoms with van der Waals surface area (Å²) in [5, 5.41) is 2.54. The zero-order valence-corrected chi connectivity index (χ0v) is 15.5. The van der Waals surface area contributed by atoms with E-state index in [1.54, 1.807) is 25.1 Å². The van der Waals surface area contributed by atoms with Gasteiger partial charge in [-0.05, 0) is 42.3 Å². The first-order valence-electron chi connectivity index (χ1n) is 8.86. The van der Waals surface area contributed by atoms with Gasteiger partial charge in [-0.25, -0.2) is 4.39 Å². The van der Waals surface area contributed by atoms with Gasteiger partial charge >= 0.3 is 11.7 Å². The number of fused-ring (bicyclic) bond motifs is 1. The average molecular weight is 389 g/mol. The molecule has 0 spiro atoms. The van der Waals surface area contributed by atoms with E-state index in [1.807, 2.05) is 30.3 Å². The summed E-state index contributed by atoms with van der Waals surface area (Å²) in [6.45, 7) is 5.74. The number of nitrogens with zero attached hydrogens (tertiary/aromatic N) is 1. The van der Waals surface area contributed by atoms with Crippen LogP contribution in [0.15, 0.2) is 84.1 Å². The van der Waals surface area contributed by atoms with Crippen LogP contribution in [-0.4, -0.2) is 5.91 Å². The lowest BCUT2D eigenvalue weighted by atomic mass is 9.99. The molecule has 0 bridgehead atoms. The highest BCUT2D eigenvalue weighted by Crippen LogP contribution is 2.50. The second-order valence-corrected chi connectivity index (χ2v) is 6.72. The van der Waals surface area contributed by atoms with Gasteiger partial charge in [0.25, 0.3) is 0 Å². The molecule has 6 heteroatoms. The average Bonchev–Trinajstić information content (AvgIpc) is 3.15. The first kappa shape index (κ1) is 18.6. The highest BCUT2D eigenvalue weighted by Gasteiger charge is 2.46. The minimum absolute atomic E-state index is 0.0316. The van der Waals surface area contributed by atoms with Crippen LogP contribution in [0.4, 0.5) is 4.39 Å². The number of nitroso groups, excluding NO2 is 1. The second kappa shape index (κ2) is 6.98. The predicted octanol–water partition coefficient (Wildman–Crippen LogP) is 5.60. The number of halogens is 1. The van der Waals surface area contributed by atoms with Crippen LogP contribution < -0.4 is 9.47 Å². The molecule has 1 atom stereocenters. The molecular formula is C23H16FNO4. The van der Waals surface area contributed by atoms with E-state index in [0.29, 0.717) is 22.3 Å². The van der Waals surface area contributed by atoms with Gasteiger partial charge in [-0.2, -0.15) is 0 Å². The van der Waals surface area contributed by atoms with Crippen molar-refractivity contribution in [2.75, 3.05) is 0 Å². The van der Waals surface area contributed by atoms with E-state index in [-0.39, 0.29) is 22.9 Å². The normalized spacial score (nSPS) is 17.0. The van der Waals surface area contributed by atoms with Gasteiger partial charge in [-0.1, -0.05) is 49.0 Å². The van der Waals surface area contributed by atoms with Gasteiger partial charge in [0.2, 0.25) is 0 Å². The van der Waals surface area contributed by atoms with Crippen LogP contribution >= 0.6 is 0 Å². The number of carbonyl (C=O) groups excluding carboxylic acids is 1. The molecule has 0 saturated carbocycles. The van der Waals surface area contributed by atoms with Crippen LogP contribution in [-0.2, 0) is 5.79 Å². The number of rotatable bonds is 4. The Bertz CT molecular complexity index is 1130. The van der Waals surface area contributed by atoms with Gasteiger partial charge in [0.1, 0.15) is 5.82 Å². The van der Waals surface area contributed by atoms with Gasteiger partial charge in [-0.15, -0.1) is 4.91 Å². The van der Waals surface area contributed by atoms with E-state index in [2.05, 4.69) is 11.8 Å². The summed E-state index contributed by atoms with van der Waals surface area (Å²) in [5.41, 5.74) is 2.41.